The fourth-order valence-electron chi connectivity index (χ4n) is 7.29. The van der Waals surface area contributed by atoms with Gasteiger partial charge in [-0.1, -0.05) is 118 Å². The molecule has 1 aliphatic heterocycles. The van der Waals surface area contributed by atoms with E-state index in [1.165, 1.54) is 71.8 Å². The highest BCUT2D eigenvalue weighted by Gasteiger charge is 2.21. The molecule has 2 heteroatoms. The first-order chi connectivity index (χ1) is 22.4. The number of pyridine rings is 1. The number of hydrogen-bond acceptors (Lipinski definition) is 2. The molecule has 0 unspecified atom stereocenters. The molecule has 0 amide bonds. The van der Waals surface area contributed by atoms with Crippen LogP contribution in [0.5, 0.6) is 0 Å². The molecule has 0 saturated carbocycles. The highest BCUT2D eigenvalue weighted by Crippen LogP contribution is 2.44. The summed E-state index contributed by atoms with van der Waals surface area (Å²) < 4.78 is 0. The zero-order valence-electron chi connectivity index (χ0n) is 26.8. The van der Waals surface area contributed by atoms with E-state index >= 15 is 0 Å². The molecule has 0 spiro atoms. The minimum absolute atomic E-state index is 0.124. The highest BCUT2D eigenvalue weighted by molar-refractivity contribution is 6.21. The van der Waals surface area contributed by atoms with Gasteiger partial charge in [-0.2, -0.15) is 0 Å². The summed E-state index contributed by atoms with van der Waals surface area (Å²) >= 11 is 0. The largest absolute Gasteiger partial charge is 0.265 e. The maximum atomic E-state index is 5.11. The quantitative estimate of drug-likeness (QED) is 0.186. The van der Waals surface area contributed by atoms with E-state index in [-0.39, 0.29) is 5.41 Å². The van der Waals surface area contributed by atoms with E-state index < -0.39 is 0 Å². The lowest BCUT2D eigenvalue weighted by Gasteiger charge is -2.22. The van der Waals surface area contributed by atoms with Crippen molar-refractivity contribution in [3.63, 3.8) is 0 Å². The van der Waals surface area contributed by atoms with Crippen molar-refractivity contribution in [1.29, 1.82) is 0 Å². The molecule has 5 aromatic carbocycles. The van der Waals surface area contributed by atoms with Gasteiger partial charge in [0.1, 0.15) is 0 Å². The third-order valence-electron chi connectivity index (χ3n) is 9.72. The van der Waals surface area contributed by atoms with Crippen molar-refractivity contribution in [1.82, 2.24) is 4.98 Å². The Kier molecular flexibility index (Phi) is 7.02. The van der Waals surface area contributed by atoms with Gasteiger partial charge in [-0.25, -0.2) is 0 Å². The van der Waals surface area contributed by atoms with Gasteiger partial charge < -0.3 is 0 Å². The molecule has 0 saturated heterocycles. The Hall–Kier alpha value is -5.08. The van der Waals surface area contributed by atoms with Crippen molar-refractivity contribution in [3.05, 3.63) is 149 Å². The standard InChI is InChI=1S/C44H38N2/c1-44(2,3)35-21-19-30(20-22-35)42-36-9-4-6-11-38(36)43(39-12-7-5-10-37(39)42)34-18-16-31-27-33(17-15-32(31)28-34)41-14-8-13-40(46-41)29-23-25-45-26-24-29/h4-7,9-13,16,18-28H,8,14-15,17H2,1-3H3. The van der Waals surface area contributed by atoms with Gasteiger partial charge in [0.05, 0.1) is 5.70 Å². The first-order valence-corrected chi connectivity index (χ1v) is 16.5. The van der Waals surface area contributed by atoms with E-state index in [1.807, 2.05) is 24.5 Å². The van der Waals surface area contributed by atoms with Gasteiger partial charge in [0, 0.05) is 23.7 Å². The van der Waals surface area contributed by atoms with Crippen molar-refractivity contribution in [2.75, 3.05) is 0 Å². The maximum Gasteiger partial charge on any atom is 0.0666 e. The second-order valence-corrected chi connectivity index (χ2v) is 13.7. The SMILES string of the molecule is CC(C)(C)c1ccc(-c2c3ccccc3c(-c3ccc4c(c3)CCC(C3=NC(c5ccncc5)=CCC3)=C4)c3ccccc23)cc1. The van der Waals surface area contributed by atoms with Gasteiger partial charge in [0.15, 0.2) is 0 Å². The number of benzene rings is 5. The molecule has 224 valence electrons. The van der Waals surface area contributed by atoms with Crippen molar-refractivity contribution in [2.24, 2.45) is 4.99 Å². The van der Waals surface area contributed by atoms with E-state index in [2.05, 4.69) is 129 Å². The summed E-state index contributed by atoms with van der Waals surface area (Å²) in [6, 6.07) is 38.3. The molecule has 2 nitrogen and oxygen atoms in total. The predicted molar refractivity (Wildman–Crippen MR) is 196 cm³/mol. The Labute approximate surface area is 271 Å². The number of hydrogen-bond donors (Lipinski definition) is 0. The Bertz CT molecular complexity index is 2150. The number of rotatable bonds is 4. The minimum atomic E-state index is 0.124. The van der Waals surface area contributed by atoms with E-state index in [1.54, 1.807) is 0 Å². The third kappa shape index (κ3) is 5.08. The van der Waals surface area contributed by atoms with Crippen LogP contribution in [-0.4, -0.2) is 10.7 Å². The number of aromatic nitrogens is 1. The van der Waals surface area contributed by atoms with Crippen LogP contribution in [0, 0.1) is 0 Å². The molecule has 6 aromatic rings. The van der Waals surface area contributed by atoms with Crippen LogP contribution in [0.2, 0.25) is 0 Å². The molecule has 0 fully saturated rings. The summed E-state index contributed by atoms with van der Waals surface area (Å²) in [5.41, 5.74) is 14.2. The van der Waals surface area contributed by atoms with Gasteiger partial charge >= 0.3 is 0 Å². The molecule has 2 aliphatic rings. The molecular formula is C44H38N2. The van der Waals surface area contributed by atoms with Gasteiger partial charge in [0.2, 0.25) is 0 Å². The molecule has 0 radical (unpaired) electrons. The van der Waals surface area contributed by atoms with Crippen LogP contribution in [0.1, 0.15) is 62.3 Å². The van der Waals surface area contributed by atoms with Crippen molar-refractivity contribution in [2.45, 2.75) is 51.9 Å². The number of nitrogens with zero attached hydrogens (tertiary/aromatic N) is 2. The molecule has 46 heavy (non-hydrogen) atoms. The van der Waals surface area contributed by atoms with Gasteiger partial charge in [-0.05, 0) is 115 Å². The summed E-state index contributed by atoms with van der Waals surface area (Å²) in [7, 11) is 0. The lowest BCUT2D eigenvalue weighted by atomic mass is 9.82. The van der Waals surface area contributed by atoms with E-state index in [0.29, 0.717) is 0 Å². The predicted octanol–water partition coefficient (Wildman–Crippen LogP) is 11.6. The van der Waals surface area contributed by atoms with E-state index in [0.717, 1.165) is 36.9 Å². The Morgan fingerprint density at radius 2 is 1.20 bits per heavy atom. The first-order valence-electron chi connectivity index (χ1n) is 16.5. The summed E-state index contributed by atoms with van der Waals surface area (Å²) in [6.07, 6.45) is 12.4. The molecule has 2 heterocycles. The molecule has 1 aromatic heterocycles. The normalized spacial score (nSPS) is 14.9. The van der Waals surface area contributed by atoms with Crippen LogP contribution in [0.3, 0.4) is 0 Å². The summed E-state index contributed by atoms with van der Waals surface area (Å²) in [6.45, 7) is 6.83. The molecule has 1 aliphatic carbocycles. The summed E-state index contributed by atoms with van der Waals surface area (Å²) in [5.74, 6) is 0. The molecule has 0 atom stereocenters. The number of aliphatic imine (C=N–C) groups is 1. The number of aryl methyl sites for hydroxylation is 1. The zero-order valence-corrected chi connectivity index (χ0v) is 26.8. The van der Waals surface area contributed by atoms with Gasteiger partial charge in [-0.3, -0.25) is 9.98 Å². The monoisotopic (exact) mass is 594 g/mol. The van der Waals surface area contributed by atoms with Crippen LogP contribution in [0.15, 0.2) is 132 Å². The Morgan fingerprint density at radius 3 is 1.83 bits per heavy atom. The van der Waals surface area contributed by atoms with Crippen molar-refractivity contribution in [3.8, 4) is 22.3 Å². The minimum Gasteiger partial charge on any atom is -0.265 e. The van der Waals surface area contributed by atoms with Crippen LogP contribution in [-0.2, 0) is 11.8 Å². The maximum absolute atomic E-state index is 5.11. The number of fused-ring (bicyclic) bond motifs is 3. The summed E-state index contributed by atoms with van der Waals surface area (Å²) in [5, 5.41) is 5.20. The topological polar surface area (TPSA) is 25.2 Å². The van der Waals surface area contributed by atoms with Gasteiger partial charge in [0.25, 0.3) is 0 Å². The van der Waals surface area contributed by atoms with E-state index in [9.17, 15) is 0 Å². The third-order valence-corrected chi connectivity index (χ3v) is 9.72. The van der Waals surface area contributed by atoms with E-state index in [4.69, 9.17) is 4.99 Å². The second kappa shape index (κ2) is 11.4. The zero-order chi connectivity index (χ0) is 31.3. The van der Waals surface area contributed by atoms with Crippen molar-refractivity contribution >= 4 is 39.0 Å². The van der Waals surface area contributed by atoms with Crippen LogP contribution >= 0.6 is 0 Å². The Morgan fingerprint density at radius 1 is 0.587 bits per heavy atom. The first kappa shape index (κ1) is 28.4. The Balaban J connectivity index is 1.22. The average molecular weight is 595 g/mol. The molecule has 0 bridgehead atoms. The molecule has 0 N–H and O–H groups in total. The van der Waals surface area contributed by atoms with Crippen LogP contribution in [0.4, 0.5) is 0 Å². The second-order valence-electron chi connectivity index (χ2n) is 13.7. The fraction of sp³-hybridized carbons (Fsp3) is 0.182. The van der Waals surface area contributed by atoms with Crippen LogP contribution < -0.4 is 0 Å². The smallest absolute Gasteiger partial charge is 0.0666 e. The molecule has 8 rings (SSSR count). The highest BCUT2D eigenvalue weighted by atomic mass is 14.8. The van der Waals surface area contributed by atoms with Crippen LogP contribution in [0.25, 0.3) is 55.6 Å². The lowest BCUT2D eigenvalue weighted by molar-refractivity contribution is 0.590. The lowest BCUT2D eigenvalue weighted by Crippen LogP contribution is -2.11. The average Bonchev–Trinajstić information content (AvgIpc) is 3.10. The summed E-state index contributed by atoms with van der Waals surface area (Å²) in [4.78, 5) is 9.29. The van der Waals surface area contributed by atoms with Gasteiger partial charge in [-0.15, -0.1) is 0 Å². The number of allylic oxidation sites excluding steroid dienone is 2. The molecular weight excluding hydrogens is 556 g/mol. The fourth-order valence-corrected chi connectivity index (χ4v) is 7.29. The van der Waals surface area contributed by atoms with Crippen molar-refractivity contribution < 1.29 is 0 Å².